The molecule has 0 saturated heterocycles. The molecule has 1 aliphatic carbocycles. The minimum Gasteiger partial charge on any atom is -0.851 e. The van der Waals surface area contributed by atoms with Gasteiger partial charge in [0, 0.05) is 24.3 Å². The van der Waals surface area contributed by atoms with Crippen molar-refractivity contribution in [3.05, 3.63) is 88.1 Å². The van der Waals surface area contributed by atoms with Crippen LogP contribution in [-0.2, 0) is 0 Å². The first-order chi connectivity index (χ1) is 19.9. The number of unbranched alkanes of at least 4 members (excludes halogenated alkanes) is 2. The lowest BCUT2D eigenvalue weighted by atomic mass is 9.65. The number of hydrogen-bond acceptors (Lipinski definition) is 7. The van der Waals surface area contributed by atoms with Gasteiger partial charge in [-0.25, -0.2) is 14.6 Å². The van der Waals surface area contributed by atoms with E-state index in [2.05, 4.69) is 28.7 Å². The van der Waals surface area contributed by atoms with Crippen LogP contribution in [0.25, 0.3) is 16.7 Å². The van der Waals surface area contributed by atoms with Crippen molar-refractivity contribution in [3.8, 4) is 5.69 Å². The van der Waals surface area contributed by atoms with Crippen LogP contribution >= 0.6 is 0 Å². The van der Waals surface area contributed by atoms with E-state index in [0.717, 1.165) is 54.2 Å². The molecular formula is C32H36N6O3-2. The molecule has 2 aromatic heterocycles. The van der Waals surface area contributed by atoms with Crippen LogP contribution in [0.4, 0.5) is 11.6 Å². The first-order valence-corrected chi connectivity index (χ1v) is 14.7. The highest BCUT2D eigenvalue weighted by Crippen LogP contribution is 2.45. The lowest BCUT2D eigenvalue weighted by Gasteiger charge is -2.60. The Kier molecular flexibility index (Phi) is 7.40. The fourth-order valence-electron chi connectivity index (χ4n) is 6.07. The van der Waals surface area contributed by atoms with Crippen molar-refractivity contribution in [2.75, 3.05) is 22.9 Å². The fourth-order valence-corrected chi connectivity index (χ4v) is 6.07. The normalized spacial score (nSPS) is 21.8. The van der Waals surface area contributed by atoms with E-state index in [4.69, 9.17) is 9.97 Å². The van der Waals surface area contributed by atoms with Gasteiger partial charge in [-0.2, -0.15) is 0 Å². The predicted octanol–water partition coefficient (Wildman–Crippen LogP) is 3.36. The largest absolute Gasteiger partial charge is 0.851 e. The molecule has 9 heteroatoms. The number of rotatable bonds is 9. The third-order valence-corrected chi connectivity index (χ3v) is 8.34. The second-order valence-electron chi connectivity index (χ2n) is 11.1. The molecule has 1 fully saturated rings. The van der Waals surface area contributed by atoms with Crippen molar-refractivity contribution in [1.82, 2.24) is 19.7 Å². The van der Waals surface area contributed by atoms with E-state index in [0.29, 0.717) is 30.0 Å². The van der Waals surface area contributed by atoms with E-state index in [1.807, 2.05) is 60.7 Å². The molecule has 1 saturated carbocycles. The topological polar surface area (TPSA) is 116 Å². The zero-order valence-electron chi connectivity index (χ0n) is 23.8. The lowest BCUT2D eigenvalue weighted by Crippen LogP contribution is -2.65. The Balaban J connectivity index is 1.37. The van der Waals surface area contributed by atoms with Crippen LogP contribution in [0.15, 0.2) is 71.3 Å². The molecule has 6 rings (SSSR count). The van der Waals surface area contributed by atoms with Gasteiger partial charge < -0.3 is 20.0 Å². The Morgan fingerprint density at radius 1 is 0.854 bits per heavy atom. The number of benzene rings is 2. The van der Waals surface area contributed by atoms with Crippen molar-refractivity contribution in [2.45, 2.75) is 64.6 Å². The van der Waals surface area contributed by atoms with Crippen molar-refractivity contribution in [3.63, 3.8) is 0 Å². The maximum Gasteiger partial charge on any atom is 0.274 e. The summed E-state index contributed by atoms with van der Waals surface area (Å²) in [5.74, 6) is 0.696. The van der Waals surface area contributed by atoms with Gasteiger partial charge in [0.05, 0.1) is 16.7 Å². The Morgan fingerprint density at radius 3 is 1.93 bits per heavy atom. The zero-order valence-corrected chi connectivity index (χ0v) is 23.8. The minimum absolute atomic E-state index is 0.304. The Hall–Kier alpha value is -3.95. The van der Waals surface area contributed by atoms with Crippen LogP contribution in [0, 0.1) is 12.8 Å². The standard InChI is InChI=1S/C32H36N6O3/c1-4-6-17-36-25(37(18-7-5-2)31-30(36)33-23-15-11-12-16-24(23)34-31)19-22-28(39)27(29(22)40)26-20(3)35-38(32(26)41)21-13-9-8-10-14-21/h8-16,19,22,27-29,35H,4-7,17-18H2,1-3H3/q-2. The van der Waals surface area contributed by atoms with Crippen molar-refractivity contribution in [1.29, 1.82) is 0 Å². The second kappa shape index (κ2) is 11.1. The van der Waals surface area contributed by atoms with Crippen LogP contribution in [0.2, 0.25) is 0 Å². The van der Waals surface area contributed by atoms with Crippen LogP contribution < -0.4 is 25.6 Å². The van der Waals surface area contributed by atoms with E-state index < -0.39 is 24.0 Å². The highest BCUT2D eigenvalue weighted by atomic mass is 16.3. The number of hydrogen-bond donors (Lipinski definition) is 1. The van der Waals surface area contributed by atoms with Gasteiger partial charge in [0.1, 0.15) is 5.82 Å². The summed E-state index contributed by atoms with van der Waals surface area (Å²) in [5, 5.41) is 30.5. The molecular weight excluding hydrogens is 516 g/mol. The molecule has 1 N–H and O–H groups in total. The number of anilines is 2. The number of fused-ring (bicyclic) bond motifs is 2. The van der Waals surface area contributed by atoms with E-state index in [1.165, 1.54) is 4.68 Å². The van der Waals surface area contributed by atoms with E-state index in [-0.39, 0.29) is 5.56 Å². The summed E-state index contributed by atoms with van der Waals surface area (Å²) in [6.07, 6.45) is 3.27. The maximum absolute atomic E-state index is 13.7. The first kappa shape index (κ1) is 27.2. The summed E-state index contributed by atoms with van der Waals surface area (Å²) in [6.45, 7) is 7.47. The average Bonchev–Trinajstić information content (AvgIpc) is 3.44. The highest BCUT2D eigenvalue weighted by molar-refractivity contribution is 5.85. The molecule has 2 unspecified atom stereocenters. The van der Waals surface area contributed by atoms with Crippen LogP contribution in [0.1, 0.15) is 56.7 Å². The molecule has 0 spiro atoms. The molecule has 41 heavy (non-hydrogen) atoms. The lowest BCUT2D eigenvalue weighted by molar-refractivity contribution is -0.543. The molecule has 0 amide bonds. The molecule has 0 bridgehead atoms. The third kappa shape index (κ3) is 4.63. The van der Waals surface area contributed by atoms with Gasteiger partial charge in [-0.1, -0.05) is 57.0 Å². The van der Waals surface area contributed by atoms with Crippen molar-refractivity contribution in [2.24, 2.45) is 5.92 Å². The molecule has 1 aliphatic heterocycles. The molecule has 214 valence electrons. The van der Waals surface area contributed by atoms with Crippen LogP contribution in [0.3, 0.4) is 0 Å². The molecule has 9 nitrogen and oxygen atoms in total. The number of aryl methyl sites for hydroxylation is 1. The summed E-state index contributed by atoms with van der Waals surface area (Å²) < 4.78 is 1.42. The van der Waals surface area contributed by atoms with Crippen LogP contribution in [-0.4, -0.2) is 45.0 Å². The molecule has 2 aliphatic rings. The summed E-state index contributed by atoms with van der Waals surface area (Å²) in [6, 6.07) is 17.0. The third-order valence-electron chi connectivity index (χ3n) is 8.34. The monoisotopic (exact) mass is 552 g/mol. The molecule has 2 aromatic carbocycles. The summed E-state index contributed by atoms with van der Waals surface area (Å²) in [5.41, 5.74) is 2.85. The van der Waals surface area contributed by atoms with Gasteiger partial charge in [0.15, 0.2) is 11.6 Å². The summed E-state index contributed by atoms with van der Waals surface area (Å²) >= 11 is 0. The molecule has 3 heterocycles. The first-order valence-electron chi connectivity index (χ1n) is 14.7. The summed E-state index contributed by atoms with van der Waals surface area (Å²) in [4.78, 5) is 27.6. The van der Waals surface area contributed by atoms with Gasteiger partial charge in [0.2, 0.25) is 0 Å². The average molecular weight is 553 g/mol. The van der Waals surface area contributed by atoms with Crippen molar-refractivity contribution < 1.29 is 10.2 Å². The number of aromatic amines is 1. The summed E-state index contributed by atoms with van der Waals surface area (Å²) in [7, 11) is 0. The highest BCUT2D eigenvalue weighted by Gasteiger charge is 2.42. The Bertz CT molecular complexity index is 1560. The molecule has 0 radical (unpaired) electrons. The Labute approximate surface area is 239 Å². The van der Waals surface area contributed by atoms with Gasteiger partial charge in [-0.3, -0.25) is 9.89 Å². The molecule has 2 atom stereocenters. The van der Waals surface area contributed by atoms with Crippen LogP contribution in [0.5, 0.6) is 0 Å². The predicted molar refractivity (Wildman–Crippen MR) is 157 cm³/mol. The second-order valence-corrected chi connectivity index (χ2v) is 11.1. The van der Waals surface area contributed by atoms with Gasteiger partial charge in [0.25, 0.3) is 5.56 Å². The van der Waals surface area contributed by atoms with Gasteiger partial charge in [-0.05, 0) is 61.9 Å². The Morgan fingerprint density at radius 2 is 1.39 bits per heavy atom. The fraction of sp³-hybridized carbons (Fsp3) is 0.406. The number of nitrogens with one attached hydrogen (secondary N) is 1. The van der Waals surface area contributed by atoms with Gasteiger partial charge in [-0.15, -0.1) is 12.2 Å². The smallest absolute Gasteiger partial charge is 0.274 e. The van der Waals surface area contributed by atoms with Gasteiger partial charge >= 0.3 is 0 Å². The van der Waals surface area contributed by atoms with E-state index in [9.17, 15) is 15.0 Å². The number of aromatic nitrogens is 4. The number of para-hydroxylation sites is 3. The zero-order chi connectivity index (χ0) is 28.7. The number of H-pyrrole nitrogens is 1. The maximum atomic E-state index is 13.7. The quantitative estimate of drug-likeness (QED) is 0.339. The van der Waals surface area contributed by atoms with Crippen molar-refractivity contribution >= 4 is 22.7 Å². The van der Waals surface area contributed by atoms with E-state index in [1.54, 1.807) is 6.92 Å². The SMILES string of the molecule is CCCCN1C(=CC2C([O-])C(c3c(C)[nH]n(-c4ccccc4)c3=O)C2[O-])N(CCCC)c2nc3ccccc3nc21. The minimum atomic E-state index is -1.22. The molecule has 4 aromatic rings. The van der Waals surface area contributed by atoms with E-state index >= 15 is 0 Å². The number of nitrogens with zero attached hydrogens (tertiary/aromatic N) is 5.